The van der Waals surface area contributed by atoms with Crippen molar-refractivity contribution in [2.45, 2.75) is 32.4 Å². The SMILES string of the molecule is COc1ccc(C)cc1CN(C)C(=O)c1ccc(NC2CC2)c([N+](=O)[O-])c1. The Morgan fingerprint density at radius 3 is 2.67 bits per heavy atom. The molecule has 1 fully saturated rings. The van der Waals surface area contributed by atoms with Gasteiger partial charge in [0.1, 0.15) is 11.4 Å². The standard InChI is InChI=1S/C20H23N3O4/c1-13-4-9-19(27-3)15(10-13)12-22(2)20(24)14-5-8-17(21-16-6-7-16)18(11-14)23(25)26/h4-5,8-11,16,21H,6-7,12H2,1-3H3. The second-order valence-electron chi connectivity index (χ2n) is 6.88. The molecule has 7 heteroatoms. The number of aryl methyl sites for hydroxylation is 1. The van der Waals surface area contributed by atoms with Gasteiger partial charge in [-0.15, -0.1) is 0 Å². The van der Waals surface area contributed by atoms with Crippen LogP contribution < -0.4 is 10.1 Å². The number of amides is 1. The molecule has 0 atom stereocenters. The van der Waals surface area contributed by atoms with Gasteiger partial charge in [-0.1, -0.05) is 17.7 Å². The van der Waals surface area contributed by atoms with Crippen molar-refractivity contribution in [3.05, 3.63) is 63.2 Å². The van der Waals surface area contributed by atoms with Crippen LogP contribution in [0.4, 0.5) is 11.4 Å². The third-order valence-electron chi connectivity index (χ3n) is 4.57. The predicted octanol–water partition coefficient (Wildman–Crippen LogP) is 3.76. The van der Waals surface area contributed by atoms with Crippen molar-refractivity contribution in [3.63, 3.8) is 0 Å². The van der Waals surface area contributed by atoms with Gasteiger partial charge in [0.2, 0.25) is 0 Å². The number of carbonyl (C=O) groups is 1. The molecule has 0 saturated heterocycles. The Balaban J connectivity index is 1.81. The minimum absolute atomic E-state index is 0.0747. The molecule has 2 aromatic rings. The Bertz CT molecular complexity index is 878. The summed E-state index contributed by atoms with van der Waals surface area (Å²) in [6, 6.07) is 10.7. The molecule has 7 nitrogen and oxygen atoms in total. The maximum Gasteiger partial charge on any atom is 0.293 e. The molecule has 1 saturated carbocycles. The van der Waals surface area contributed by atoms with Gasteiger partial charge in [0.25, 0.3) is 11.6 Å². The smallest absolute Gasteiger partial charge is 0.293 e. The fraction of sp³-hybridized carbons (Fsp3) is 0.350. The van der Waals surface area contributed by atoms with E-state index < -0.39 is 4.92 Å². The van der Waals surface area contributed by atoms with E-state index in [1.54, 1.807) is 26.3 Å². The molecule has 0 aliphatic heterocycles. The summed E-state index contributed by atoms with van der Waals surface area (Å²) in [5.74, 6) is 0.426. The van der Waals surface area contributed by atoms with Crippen molar-refractivity contribution in [2.24, 2.45) is 0 Å². The molecule has 0 aromatic heterocycles. The number of hydrogen-bond donors (Lipinski definition) is 1. The molecule has 142 valence electrons. The predicted molar refractivity (Wildman–Crippen MR) is 103 cm³/mol. The van der Waals surface area contributed by atoms with Gasteiger partial charge >= 0.3 is 0 Å². The molecule has 0 bridgehead atoms. The Kier molecular flexibility index (Phi) is 5.30. The van der Waals surface area contributed by atoms with Gasteiger partial charge in [0.05, 0.1) is 12.0 Å². The van der Waals surface area contributed by atoms with Gasteiger partial charge in [-0.25, -0.2) is 0 Å². The van der Waals surface area contributed by atoms with Crippen LogP contribution in [0.1, 0.15) is 34.3 Å². The molecule has 3 rings (SSSR count). The van der Waals surface area contributed by atoms with Crippen LogP contribution in [0, 0.1) is 17.0 Å². The Hall–Kier alpha value is -3.09. The van der Waals surface area contributed by atoms with Crippen LogP contribution in [0.3, 0.4) is 0 Å². The molecule has 0 unspecified atom stereocenters. The molecule has 0 spiro atoms. The third kappa shape index (κ3) is 4.36. The molecule has 27 heavy (non-hydrogen) atoms. The molecule has 1 amide bonds. The number of nitrogens with zero attached hydrogens (tertiary/aromatic N) is 2. The van der Waals surface area contributed by atoms with E-state index in [0.29, 0.717) is 24.0 Å². The second-order valence-corrected chi connectivity index (χ2v) is 6.88. The molecule has 1 aliphatic rings. The molecule has 1 N–H and O–H groups in total. The summed E-state index contributed by atoms with van der Waals surface area (Å²) in [6.45, 7) is 2.32. The van der Waals surface area contributed by atoms with Crippen molar-refractivity contribution >= 4 is 17.3 Å². The summed E-state index contributed by atoms with van der Waals surface area (Å²) in [6.07, 6.45) is 2.03. The summed E-state index contributed by atoms with van der Waals surface area (Å²) in [4.78, 5) is 25.3. The minimum atomic E-state index is -0.453. The van der Waals surface area contributed by atoms with Crippen LogP contribution in [0.2, 0.25) is 0 Å². The van der Waals surface area contributed by atoms with Gasteiger partial charge in [0.15, 0.2) is 0 Å². The van der Waals surface area contributed by atoms with Gasteiger partial charge in [-0.3, -0.25) is 14.9 Å². The van der Waals surface area contributed by atoms with Crippen LogP contribution in [0.15, 0.2) is 36.4 Å². The van der Waals surface area contributed by atoms with Gasteiger partial charge in [-0.05, 0) is 38.0 Å². The Morgan fingerprint density at radius 1 is 1.30 bits per heavy atom. The zero-order valence-electron chi connectivity index (χ0n) is 15.7. The lowest BCUT2D eigenvalue weighted by Crippen LogP contribution is -2.26. The summed E-state index contributed by atoms with van der Waals surface area (Å²) in [7, 11) is 3.26. The van der Waals surface area contributed by atoms with Crippen molar-refractivity contribution in [1.29, 1.82) is 0 Å². The first-order valence-electron chi connectivity index (χ1n) is 8.83. The number of ether oxygens (including phenoxy) is 1. The summed E-state index contributed by atoms with van der Waals surface area (Å²) >= 11 is 0. The number of carbonyl (C=O) groups excluding carboxylic acids is 1. The number of benzene rings is 2. The molecule has 0 radical (unpaired) electrons. The fourth-order valence-electron chi connectivity index (χ4n) is 2.96. The van der Waals surface area contributed by atoms with E-state index in [2.05, 4.69) is 5.32 Å². The van der Waals surface area contributed by atoms with Crippen LogP contribution in [0.25, 0.3) is 0 Å². The third-order valence-corrected chi connectivity index (χ3v) is 4.57. The lowest BCUT2D eigenvalue weighted by molar-refractivity contribution is -0.384. The minimum Gasteiger partial charge on any atom is -0.496 e. The van der Waals surface area contributed by atoms with E-state index in [4.69, 9.17) is 4.74 Å². The zero-order chi connectivity index (χ0) is 19.6. The lowest BCUT2D eigenvalue weighted by atomic mass is 10.1. The quantitative estimate of drug-likeness (QED) is 0.593. The second kappa shape index (κ2) is 7.65. The fourth-order valence-corrected chi connectivity index (χ4v) is 2.96. The Morgan fingerprint density at radius 2 is 2.04 bits per heavy atom. The number of nitrogens with one attached hydrogen (secondary N) is 1. The van der Waals surface area contributed by atoms with Crippen molar-refractivity contribution in [1.82, 2.24) is 4.90 Å². The summed E-state index contributed by atoms with van der Waals surface area (Å²) in [5.41, 5.74) is 2.63. The highest BCUT2D eigenvalue weighted by Gasteiger charge is 2.26. The number of anilines is 1. The average Bonchev–Trinajstić information content (AvgIpc) is 3.45. The maximum absolute atomic E-state index is 12.8. The summed E-state index contributed by atoms with van der Waals surface area (Å²) < 4.78 is 5.36. The van der Waals surface area contributed by atoms with E-state index in [0.717, 1.165) is 24.0 Å². The lowest BCUT2D eigenvalue weighted by Gasteiger charge is -2.19. The van der Waals surface area contributed by atoms with Crippen molar-refractivity contribution in [2.75, 3.05) is 19.5 Å². The number of nitro benzene ring substituents is 1. The number of hydrogen-bond acceptors (Lipinski definition) is 5. The monoisotopic (exact) mass is 369 g/mol. The largest absolute Gasteiger partial charge is 0.496 e. The van der Waals surface area contributed by atoms with Gasteiger partial charge in [-0.2, -0.15) is 0 Å². The van der Waals surface area contributed by atoms with Crippen LogP contribution in [-0.4, -0.2) is 35.9 Å². The maximum atomic E-state index is 12.8. The Labute approximate surface area is 158 Å². The highest BCUT2D eigenvalue weighted by molar-refractivity contribution is 5.95. The number of rotatable bonds is 7. The van der Waals surface area contributed by atoms with E-state index in [1.807, 2.05) is 25.1 Å². The highest BCUT2D eigenvalue weighted by Crippen LogP contribution is 2.32. The number of methoxy groups -OCH3 is 1. The van der Waals surface area contributed by atoms with Crippen molar-refractivity contribution < 1.29 is 14.5 Å². The normalized spacial score (nSPS) is 13.1. The molecule has 2 aromatic carbocycles. The van der Waals surface area contributed by atoms with E-state index in [1.165, 1.54) is 11.0 Å². The molecule has 1 aliphatic carbocycles. The van der Waals surface area contributed by atoms with Gasteiger partial charge < -0.3 is 15.0 Å². The number of nitro groups is 1. The average molecular weight is 369 g/mol. The van der Waals surface area contributed by atoms with Gasteiger partial charge in [0, 0.05) is 36.8 Å². The van der Waals surface area contributed by atoms with Crippen LogP contribution in [0.5, 0.6) is 5.75 Å². The van der Waals surface area contributed by atoms with E-state index in [-0.39, 0.29) is 17.2 Å². The molecular weight excluding hydrogens is 346 g/mol. The first-order chi connectivity index (χ1) is 12.9. The molecular formula is C20H23N3O4. The first kappa shape index (κ1) is 18.7. The van der Waals surface area contributed by atoms with Crippen molar-refractivity contribution in [3.8, 4) is 5.75 Å². The van der Waals surface area contributed by atoms with Crippen LogP contribution in [-0.2, 0) is 6.54 Å². The summed E-state index contributed by atoms with van der Waals surface area (Å²) in [5, 5.41) is 14.5. The van der Waals surface area contributed by atoms with E-state index >= 15 is 0 Å². The zero-order valence-corrected chi connectivity index (χ0v) is 15.7. The topological polar surface area (TPSA) is 84.7 Å². The first-order valence-corrected chi connectivity index (χ1v) is 8.83. The highest BCUT2D eigenvalue weighted by atomic mass is 16.6. The van der Waals surface area contributed by atoms with E-state index in [9.17, 15) is 14.9 Å². The molecule has 0 heterocycles. The van der Waals surface area contributed by atoms with Crippen LogP contribution >= 0.6 is 0 Å².